The number of piperidine rings is 1. The van der Waals surface area contributed by atoms with E-state index >= 15 is 0 Å². The van der Waals surface area contributed by atoms with Crippen molar-refractivity contribution in [3.8, 4) is 0 Å². The summed E-state index contributed by atoms with van der Waals surface area (Å²) in [6.07, 6.45) is 4.16. The second-order valence-corrected chi connectivity index (χ2v) is 6.39. The van der Waals surface area contributed by atoms with E-state index in [1.807, 2.05) is 0 Å². The van der Waals surface area contributed by atoms with Crippen molar-refractivity contribution in [2.75, 3.05) is 13.1 Å². The molecule has 1 fully saturated rings. The first-order chi connectivity index (χ1) is 6.96. The Hall–Kier alpha value is -0.0400. The minimum absolute atomic E-state index is 0.587. The van der Waals surface area contributed by atoms with Crippen LogP contribution >= 0.6 is 0 Å². The van der Waals surface area contributed by atoms with E-state index in [1.165, 1.54) is 32.4 Å². The summed E-state index contributed by atoms with van der Waals surface area (Å²) in [6.45, 7) is 14.4. The van der Waals surface area contributed by atoms with Gasteiger partial charge in [-0.2, -0.15) is 0 Å². The van der Waals surface area contributed by atoms with Crippen LogP contribution in [0.1, 0.15) is 53.9 Å². The molecule has 1 nitrogen and oxygen atoms in total. The summed E-state index contributed by atoms with van der Waals surface area (Å²) in [5.41, 5.74) is 0.587. The van der Waals surface area contributed by atoms with Gasteiger partial charge in [0.1, 0.15) is 0 Å². The van der Waals surface area contributed by atoms with E-state index < -0.39 is 0 Å². The third-order valence-corrected chi connectivity index (χ3v) is 4.23. The number of hydrogen-bond acceptors (Lipinski definition) is 1. The second-order valence-electron chi connectivity index (χ2n) is 6.39. The van der Waals surface area contributed by atoms with Crippen molar-refractivity contribution in [2.45, 2.75) is 53.9 Å². The normalized spacial score (nSPS) is 32.6. The van der Waals surface area contributed by atoms with Crippen molar-refractivity contribution in [3.63, 3.8) is 0 Å². The predicted molar refractivity (Wildman–Crippen MR) is 68.0 cm³/mol. The predicted octanol–water partition coefficient (Wildman–Crippen LogP) is 3.69. The third kappa shape index (κ3) is 3.48. The van der Waals surface area contributed by atoms with Crippen molar-refractivity contribution in [3.05, 3.63) is 0 Å². The van der Waals surface area contributed by atoms with Crippen LogP contribution < -0.4 is 5.32 Å². The van der Waals surface area contributed by atoms with Crippen molar-refractivity contribution in [1.82, 2.24) is 5.32 Å². The molecule has 1 heteroatoms. The van der Waals surface area contributed by atoms with Crippen LogP contribution in [-0.4, -0.2) is 13.1 Å². The molecule has 90 valence electrons. The first-order valence-corrected chi connectivity index (χ1v) is 6.66. The Kier molecular flexibility index (Phi) is 4.64. The fourth-order valence-electron chi connectivity index (χ4n) is 3.03. The molecule has 1 aliphatic heterocycles. The molecule has 0 amide bonds. The average Bonchev–Trinajstić information content (AvgIpc) is 2.15. The third-order valence-electron chi connectivity index (χ3n) is 4.23. The van der Waals surface area contributed by atoms with Gasteiger partial charge in [-0.3, -0.25) is 0 Å². The van der Waals surface area contributed by atoms with E-state index in [0.29, 0.717) is 5.41 Å². The van der Waals surface area contributed by atoms with Crippen molar-refractivity contribution in [2.24, 2.45) is 23.2 Å². The van der Waals surface area contributed by atoms with Crippen molar-refractivity contribution < 1.29 is 0 Å². The molecule has 0 radical (unpaired) electrons. The van der Waals surface area contributed by atoms with Crippen LogP contribution in [0.25, 0.3) is 0 Å². The molecule has 0 aliphatic carbocycles. The molecule has 0 aromatic heterocycles. The monoisotopic (exact) mass is 211 g/mol. The summed E-state index contributed by atoms with van der Waals surface area (Å²) in [7, 11) is 0. The maximum Gasteiger partial charge on any atom is -0.00128 e. The molecular weight excluding hydrogens is 182 g/mol. The summed E-state index contributed by atoms with van der Waals surface area (Å²) in [6, 6.07) is 0. The summed E-state index contributed by atoms with van der Waals surface area (Å²) in [4.78, 5) is 0. The number of hydrogen-bond donors (Lipinski definition) is 1. The second kappa shape index (κ2) is 5.34. The molecule has 0 spiro atoms. The van der Waals surface area contributed by atoms with Gasteiger partial charge in [-0.05, 0) is 49.1 Å². The SMILES string of the molecule is CC(C)CCC1(C)CCNCC1C(C)C. The molecular formula is C14H29N. The molecule has 2 atom stereocenters. The highest BCUT2D eigenvalue weighted by molar-refractivity contribution is 4.89. The lowest BCUT2D eigenvalue weighted by molar-refractivity contribution is 0.0742. The van der Waals surface area contributed by atoms with Crippen LogP contribution in [0.2, 0.25) is 0 Å². The first kappa shape index (κ1) is 13.0. The van der Waals surface area contributed by atoms with Crippen LogP contribution in [0.5, 0.6) is 0 Å². The largest absolute Gasteiger partial charge is 0.316 e. The van der Waals surface area contributed by atoms with Crippen LogP contribution in [0, 0.1) is 23.2 Å². The van der Waals surface area contributed by atoms with Gasteiger partial charge in [0.25, 0.3) is 0 Å². The lowest BCUT2D eigenvalue weighted by Crippen LogP contribution is -2.45. The zero-order valence-electron chi connectivity index (χ0n) is 11.3. The van der Waals surface area contributed by atoms with Gasteiger partial charge in [-0.1, -0.05) is 41.0 Å². The van der Waals surface area contributed by atoms with Gasteiger partial charge >= 0.3 is 0 Å². The smallest absolute Gasteiger partial charge is 0.00128 e. The van der Waals surface area contributed by atoms with E-state index in [1.54, 1.807) is 0 Å². The lowest BCUT2D eigenvalue weighted by atomic mass is 9.65. The summed E-state index contributed by atoms with van der Waals surface area (Å²) in [5.74, 6) is 2.53. The zero-order valence-corrected chi connectivity index (χ0v) is 11.3. The van der Waals surface area contributed by atoms with Gasteiger partial charge < -0.3 is 5.32 Å². The Morgan fingerprint density at radius 1 is 1.27 bits per heavy atom. The molecule has 1 N–H and O–H groups in total. The number of rotatable bonds is 4. The van der Waals surface area contributed by atoms with Crippen LogP contribution in [0.4, 0.5) is 0 Å². The van der Waals surface area contributed by atoms with Gasteiger partial charge in [-0.25, -0.2) is 0 Å². The summed E-state index contributed by atoms with van der Waals surface area (Å²) in [5, 5.41) is 3.56. The highest BCUT2D eigenvalue weighted by atomic mass is 14.9. The highest BCUT2D eigenvalue weighted by Gasteiger charge is 2.37. The first-order valence-electron chi connectivity index (χ1n) is 6.66. The molecule has 2 unspecified atom stereocenters. The van der Waals surface area contributed by atoms with Crippen LogP contribution in [0.15, 0.2) is 0 Å². The molecule has 1 saturated heterocycles. The zero-order chi connectivity index (χ0) is 11.5. The Morgan fingerprint density at radius 3 is 2.47 bits per heavy atom. The molecule has 1 rings (SSSR count). The van der Waals surface area contributed by atoms with E-state index in [4.69, 9.17) is 0 Å². The minimum Gasteiger partial charge on any atom is -0.316 e. The minimum atomic E-state index is 0.587. The van der Waals surface area contributed by atoms with Gasteiger partial charge in [0, 0.05) is 0 Å². The molecule has 0 saturated carbocycles. The fourth-order valence-corrected chi connectivity index (χ4v) is 3.03. The van der Waals surface area contributed by atoms with E-state index in [9.17, 15) is 0 Å². The Labute approximate surface area is 96.0 Å². The molecule has 1 heterocycles. The van der Waals surface area contributed by atoms with E-state index in [-0.39, 0.29) is 0 Å². The Bertz CT molecular complexity index is 186. The van der Waals surface area contributed by atoms with Crippen molar-refractivity contribution in [1.29, 1.82) is 0 Å². The molecule has 1 aliphatic rings. The fraction of sp³-hybridized carbons (Fsp3) is 1.00. The van der Waals surface area contributed by atoms with Gasteiger partial charge in [-0.15, -0.1) is 0 Å². The number of nitrogens with one attached hydrogen (secondary N) is 1. The van der Waals surface area contributed by atoms with Gasteiger partial charge in [0.15, 0.2) is 0 Å². The highest BCUT2D eigenvalue weighted by Crippen LogP contribution is 2.42. The maximum absolute atomic E-state index is 3.56. The quantitative estimate of drug-likeness (QED) is 0.748. The average molecular weight is 211 g/mol. The molecule has 0 aromatic carbocycles. The van der Waals surface area contributed by atoms with E-state index in [0.717, 1.165) is 17.8 Å². The molecule has 0 aromatic rings. The van der Waals surface area contributed by atoms with Crippen molar-refractivity contribution >= 4 is 0 Å². The van der Waals surface area contributed by atoms with Crippen LogP contribution in [-0.2, 0) is 0 Å². The van der Waals surface area contributed by atoms with Gasteiger partial charge in [0.2, 0.25) is 0 Å². The Morgan fingerprint density at radius 2 is 1.93 bits per heavy atom. The Balaban J connectivity index is 2.59. The maximum atomic E-state index is 3.56. The topological polar surface area (TPSA) is 12.0 Å². The standard InChI is InChI=1S/C14H29N/c1-11(2)6-7-14(5)8-9-15-10-13(14)12(3)4/h11-13,15H,6-10H2,1-5H3. The summed E-state index contributed by atoms with van der Waals surface area (Å²) >= 11 is 0. The lowest BCUT2D eigenvalue weighted by Gasteiger charge is -2.44. The summed E-state index contributed by atoms with van der Waals surface area (Å²) < 4.78 is 0. The van der Waals surface area contributed by atoms with E-state index in [2.05, 4.69) is 39.9 Å². The van der Waals surface area contributed by atoms with Crippen LogP contribution in [0.3, 0.4) is 0 Å². The van der Waals surface area contributed by atoms with Gasteiger partial charge in [0.05, 0.1) is 0 Å². The molecule has 15 heavy (non-hydrogen) atoms. The molecule has 0 bridgehead atoms.